The molecule has 0 unspecified atom stereocenters. The molecule has 0 amide bonds. The number of alkyl halides is 3. The third-order valence-corrected chi connectivity index (χ3v) is 3.34. The summed E-state index contributed by atoms with van der Waals surface area (Å²) in [5.74, 6) is -0.724. The van der Waals surface area contributed by atoms with Gasteiger partial charge in [-0.2, -0.15) is 13.2 Å². The van der Waals surface area contributed by atoms with E-state index in [-0.39, 0.29) is 16.4 Å². The fourth-order valence-corrected chi connectivity index (χ4v) is 2.43. The van der Waals surface area contributed by atoms with Gasteiger partial charge < -0.3 is 5.11 Å². The molecule has 0 saturated heterocycles. The Balaban J connectivity index is 2.69. The van der Waals surface area contributed by atoms with E-state index in [1.54, 1.807) is 6.92 Å². The molecule has 0 spiro atoms. The molecular formula is C11H9F3N2O2S. The Hall–Kier alpha value is -1.70. The summed E-state index contributed by atoms with van der Waals surface area (Å²) in [4.78, 5) is 14.9. The molecule has 2 aromatic rings. The summed E-state index contributed by atoms with van der Waals surface area (Å²) in [6.07, 6.45) is -3.61. The Morgan fingerprint density at radius 2 is 2.16 bits per heavy atom. The van der Waals surface area contributed by atoms with Gasteiger partial charge in [0.1, 0.15) is 10.7 Å². The maximum atomic E-state index is 12.6. The second-order valence-electron chi connectivity index (χ2n) is 3.65. The first-order chi connectivity index (χ1) is 8.84. The molecule has 0 fully saturated rings. The number of thioether (sulfide) groups is 1. The monoisotopic (exact) mass is 290 g/mol. The van der Waals surface area contributed by atoms with Crippen molar-refractivity contribution in [2.24, 2.45) is 0 Å². The van der Waals surface area contributed by atoms with Crippen LogP contribution in [0.1, 0.15) is 23.0 Å². The molecule has 4 nitrogen and oxygen atoms in total. The maximum absolute atomic E-state index is 12.6. The third-order valence-electron chi connectivity index (χ3n) is 2.39. The molecule has 0 atom stereocenters. The number of carboxylic acid groups (broad SMARTS) is 1. The maximum Gasteiger partial charge on any atom is 0.417 e. The van der Waals surface area contributed by atoms with E-state index in [0.29, 0.717) is 5.75 Å². The van der Waals surface area contributed by atoms with Crippen molar-refractivity contribution in [1.29, 1.82) is 0 Å². The van der Waals surface area contributed by atoms with Gasteiger partial charge >= 0.3 is 12.1 Å². The smallest absolute Gasteiger partial charge is 0.417 e. The molecule has 2 aromatic heterocycles. The van der Waals surface area contributed by atoms with Crippen molar-refractivity contribution in [3.05, 3.63) is 29.6 Å². The van der Waals surface area contributed by atoms with Crippen molar-refractivity contribution in [2.45, 2.75) is 18.1 Å². The SMILES string of the molecule is CCSc1c(C(=O)O)nc2ccc(C(F)(F)F)cn12. The number of fused-ring (bicyclic) bond motifs is 1. The standard InChI is InChI=1S/C11H9F3N2O2S/c1-2-19-9-8(10(17)18)15-7-4-3-6(5-16(7)9)11(12,13)14/h3-5H,2H2,1H3,(H,17,18). The quantitative estimate of drug-likeness (QED) is 0.882. The second-order valence-corrected chi connectivity index (χ2v) is 4.90. The van der Waals surface area contributed by atoms with Crippen LogP contribution in [-0.4, -0.2) is 26.2 Å². The van der Waals surface area contributed by atoms with E-state index in [2.05, 4.69) is 4.98 Å². The number of carbonyl (C=O) groups is 1. The molecular weight excluding hydrogens is 281 g/mol. The fourth-order valence-electron chi connectivity index (χ4n) is 1.60. The topological polar surface area (TPSA) is 54.6 Å². The molecule has 8 heteroatoms. The number of pyridine rings is 1. The lowest BCUT2D eigenvalue weighted by molar-refractivity contribution is -0.137. The molecule has 0 aliphatic carbocycles. The van der Waals surface area contributed by atoms with Crippen molar-refractivity contribution in [3.63, 3.8) is 0 Å². The average Bonchev–Trinajstić information content (AvgIpc) is 2.67. The van der Waals surface area contributed by atoms with E-state index in [0.717, 1.165) is 30.1 Å². The normalized spacial score (nSPS) is 12.0. The molecule has 102 valence electrons. The van der Waals surface area contributed by atoms with Crippen molar-refractivity contribution in [2.75, 3.05) is 5.75 Å². The molecule has 0 aliphatic heterocycles. The predicted octanol–water partition coefficient (Wildman–Crippen LogP) is 3.16. The lowest BCUT2D eigenvalue weighted by Gasteiger charge is -2.07. The van der Waals surface area contributed by atoms with Gasteiger partial charge in [0.05, 0.1) is 5.56 Å². The van der Waals surface area contributed by atoms with Crippen LogP contribution in [0.5, 0.6) is 0 Å². The Labute approximate surface area is 110 Å². The van der Waals surface area contributed by atoms with E-state index in [4.69, 9.17) is 5.11 Å². The fraction of sp³-hybridized carbons (Fsp3) is 0.273. The molecule has 0 aromatic carbocycles. The number of nitrogens with zero attached hydrogens (tertiary/aromatic N) is 2. The van der Waals surface area contributed by atoms with Gasteiger partial charge in [0.15, 0.2) is 5.69 Å². The number of imidazole rings is 1. The van der Waals surface area contributed by atoms with E-state index in [1.807, 2.05) is 0 Å². The van der Waals surface area contributed by atoms with Gasteiger partial charge in [0.2, 0.25) is 0 Å². The second kappa shape index (κ2) is 4.76. The highest BCUT2D eigenvalue weighted by Gasteiger charge is 2.31. The van der Waals surface area contributed by atoms with Gasteiger partial charge in [-0.1, -0.05) is 6.92 Å². The van der Waals surface area contributed by atoms with Crippen LogP contribution in [-0.2, 0) is 6.18 Å². The minimum absolute atomic E-state index is 0.182. The Bertz CT molecular complexity index is 637. The van der Waals surface area contributed by atoms with Gasteiger partial charge in [-0.15, -0.1) is 11.8 Å². The Morgan fingerprint density at radius 1 is 1.47 bits per heavy atom. The number of halogens is 3. The Morgan fingerprint density at radius 3 is 2.68 bits per heavy atom. The zero-order valence-corrected chi connectivity index (χ0v) is 10.5. The molecule has 19 heavy (non-hydrogen) atoms. The van der Waals surface area contributed by atoms with Crippen molar-refractivity contribution in [1.82, 2.24) is 9.38 Å². The van der Waals surface area contributed by atoms with Crippen LogP contribution in [0.3, 0.4) is 0 Å². The van der Waals surface area contributed by atoms with Crippen molar-refractivity contribution in [3.8, 4) is 0 Å². The number of aromatic nitrogens is 2. The van der Waals surface area contributed by atoms with Crippen LogP contribution in [0, 0.1) is 0 Å². The highest BCUT2D eigenvalue weighted by atomic mass is 32.2. The van der Waals surface area contributed by atoms with Gasteiger partial charge in [-0.3, -0.25) is 4.40 Å². The lowest BCUT2D eigenvalue weighted by Crippen LogP contribution is -2.06. The molecule has 2 heterocycles. The van der Waals surface area contributed by atoms with Gasteiger partial charge in [0, 0.05) is 6.20 Å². The van der Waals surface area contributed by atoms with E-state index >= 15 is 0 Å². The largest absolute Gasteiger partial charge is 0.476 e. The van der Waals surface area contributed by atoms with Crippen LogP contribution in [0.4, 0.5) is 13.2 Å². The molecule has 0 bridgehead atoms. The third kappa shape index (κ3) is 2.53. The summed E-state index contributed by atoms with van der Waals surface area (Å²) in [7, 11) is 0. The van der Waals surface area contributed by atoms with E-state index in [9.17, 15) is 18.0 Å². The highest BCUT2D eigenvalue weighted by Crippen LogP contribution is 2.31. The first-order valence-corrected chi connectivity index (χ1v) is 6.28. The minimum atomic E-state index is -4.48. The van der Waals surface area contributed by atoms with Crippen LogP contribution < -0.4 is 0 Å². The molecule has 0 saturated carbocycles. The number of carboxylic acids is 1. The highest BCUT2D eigenvalue weighted by molar-refractivity contribution is 7.99. The number of rotatable bonds is 3. The van der Waals surface area contributed by atoms with Gasteiger partial charge in [-0.05, 0) is 17.9 Å². The van der Waals surface area contributed by atoms with Crippen LogP contribution in [0.15, 0.2) is 23.4 Å². The van der Waals surface area contributed by atoms with Crippen molar-refractivity contribution >= 4 is 23.4 Å². The van der Waals surface area contributed by atoms with Crippen molar-refractivity contribution < 1.29 is 23.1 Å². The predicted molar refractivity (Wildman–Crippen MR) is 63.6 cm³/mol. The Kier molecular flexibility index (Phi) is 3.44. The zero-order chi connectivity index (χ0) is 14.2. The summed E-state index contributed by atoms with van der Waals surface area (Å²) in [5, 5.41) is 9.22. The average molecular weight is 290 g/mol. The van der Waals surface area contributed by atoms with Gasteiger partial charge in [-0.25, -0.2) is 9.78 Å². The number of aromatic carboxylic acids is 1. The summed E-state index contributed by atoms with van der Waals surface area (Å²) in [6.45, 7) is 1.78. The van der Waals surface area contributed by atoms with Crippen LogP contribution >= 0.6 is 11.8 Å². The molecule has 0 aliphatic rings. The summed E-state index contributed by atoms with van der Waals surface area (Å²) >= 11 is 1.14. The molecule has 0 radical (unpaired) electrons. The number of hydrogen-bond acceptors (Lipinski definition) is 3. The summed E-state index contributed by atoms with van der Waals surface area (Å²) in [5.41, 5.74) is -0.889. The number of hydrogen-bond donors (Lipinski definition) is 1. The molecule has 1 N–H and O–H groups in total. The minimum Gasteiger partial charge on any atom is -0.476 e. The van der Waals surface area contributed by atoms with Gasteiger partial charge in [0.25, 0.3) is 0 Å². The summed E-state index contributed by atoms with van der Waals surface area (Å²) in [6, 6.07) is 2.04. The van der Waals surface area contributed by atoms with Crippen LogP contribution in [0.2, 0.25) is 0 Å². The van der Waals surface area contributed by atoms with E-state index in [1.165, 1.54) is 4.40 Å². The zero-order valence-electron chi connectivity index (χ0n) is 9.73. The first-order valence-electron chi connectivity index (χ1n) is 5.30. The summed E-state index contributed by atoms with van der Waals surface area (Å²) < 4.78 is 39.1. The first kappa shape index (κ1) is 13.7. The van der Waals surface area contributed by atoms with Crippen LogP contribution in [0.25, 0.3) is 5.65 Å². The molecule has 2 rings (SSSR count). The lowest BCUT2D eigenvalue weighted by atomic mass is 10.3. The van der Waals surface area contributed by atoms with E-state index < -0.39 is 17.7 Å².